The first kappa shape index (κ1) is 15.1. The normalized spacial score (nSPS) is 14.0. The van der Waals surface area contributed by atoms with Gasteiger partial charge in [-0.25, -0.2) is 0 Å². The first-order valence-electron chi connectivity index (χ1n) is 7.12. The van der Waals surface area contributed by atoms with Gasteiger partial charge in [0.15, 0.2) is 0 Å². The number of nitrogens with one attached hydrogen (secondary N) is 1. The molecule has 0 spiro atoms. The average Bonchev–Trinajstić information content (AvgIpc) is 2.42. The molecular formula is C18H22ClN. The van der Waals surface area contributed by atoms with E-state index in [4.69, 9.17) is 11.6 Å². The zero-order valence-electron chi connectivity index (χ0n) is 12.4. The van der Waals surface area contributed by atoms with E-state index >= 15 is 0 Å². The fourth-order valence-electron chi connectivity index (χ4n) is 2.43. The standard InChI is InChI=1S/C18H22ClN/c1-13-8-10-16(11-9-13)15(3)20-14(2)12-17-6-4-5-7-18(17)19/h4-11,14-15,20H,12H2,1-3H3. The molecule has 2 heteroatoms. The molecule has 0 saturated carbocycles. The molecule has 2 aromatic rings. The van der Waals surface area contributed by atoms with Crippen molar-refractivity contribution in [2.24, 2.45) is 0 Å². The topological polar surface area (TPSA) is 12.0 Å². The van der Waals surface area contributed by atoms with Gasteiger partial charge >= 0.3 is 0 Å². The minimum atomic E-state index is 0.341. The maximum Gasteiger partial charge on any atom is 0.0438 e. The van der Waals surface area contributed by atoms with Gasteiger partial charge in [0, 0.05) is 17.1 Å². The lowest BCUT2D eigenvalue weighted by atomic mass is 10.0. The summed E-state index contributed by atoms with van der Waals surface area (Å²) >= 11 is 6.21. The Morgan fingerprint density at radius 2 is 1.65 bits per heavy atom. The number of hydrogen-bond donors (Lipinski definition) is 1. The summed E-state index contributed by atoms with van der Waals surface area (Å²) in [6.45, 7) is 6.52. The van der Waals surface area contributed by atoms with E-state index in [-0.39, 0.29) is 0 Å². The van der Waals surface area contributed by atoms with Gasteiger partial charge in [-0.2, -0.15) is 0 Å². The zero-order chi connectivity index (χ0) is 14.5. The molecule has 0 saturated heterocycles. The lowest BCUT2D eigenvalue weighted by Gasteiger charge is -2.21. The third-order valence-electron chi connectivity index (χ3n) is 3.60. The summed E-state index contributed by atoms with van der Waals surface area (Å²) in [6.07, 6.45) is 0.940. The summed E-state index contributed by atoms with van der Waals surface area (Å²) in [7, 11) is 0. The second-order valence-corrected chi connectivity index (χ2v) is 5.90. The van der Waals surface area contributed by atoms with Crippen molar-refractivity contribution in [2.75, 3.05) is 0 Å². The minimum Gasteiger partial charge on any atom is -0.307 e. The lowest BCUT2D eigenvalue weighted by Crippen LogP contribution is -2.30. The Hall–Kier alpha value is -1.31. The molecule has 2 unspecified atom stereocenters. The predicted octanol–water partition coefficient (Wildman–Crippen LogP) is 4.93. The second-order valence-electron chi connectivity index (χ2n) is 5.50. The third kappa shape index (κ3) is 4.09. The minimum absolute atomic E-state index is 0.341. The highest BCUT2D eigenvalue weighted by molar-refractivity contribution is 6.31. The van der Waals surface area contributed by atoms with Crippen LogP contribution in [-0.2, 0) is 6.42 Å². The highest BCUT2D eigenvalue weighted by atomic mass is 35.5. The van der Waals surface area contributed by atoms with E-state index in [9.17, 15) is 0 Å². The molecule has 2 rings (SSSR count). The van der Waals surface area contributed by atoms with E-state index in [1.54, 1.807) is 0 Å². The van der Waals surface area contributed by atoms with Gasteiger partial charge in [-0.05, 0) is 44.4 Å². The van der Waals surface area contributed by atoms with Crippen LogP contribution in [-0.4, -0.2) is 6.04 Å². The van der Waals surface area contributed by atoms with Gasteiger partial charge in [-0.3, -0.25) is 0 Å². The van der Waals surface area contributed by atoms with Crippen molar-refractivity contribution in [2.45, 2.75) is 39.3 Å². The van der Waals surface area contributed by atoms with E-state index in [0.29, 0.717) is 12.1 Å². The van der Waals surface area contributed by atoms with Gasteiger partial charge < -0.3 is 5.32 Å². The first-order chi connectivity index (χ1) is 9.56. The number of hydrogen-bond acceptors (Lipinski definition) is 1. The van der Waals surface area contributed by atoms with Crippen LogP contribution in [0.3, 0.4) is 0 Å². The molecule has 1 N–H and O–H groups in total. The molecule has 2 atom stereocenters. The summed E-state index contributed by atoms with van der Waals surface area (Å²) in [6, 6.07) is 17.5. The summed E-state index contributed by atoms with van der Waals surface area (Å²) in [4.78, 5) is 0. The van der Waals surface area contributed by atoms with Crippen LogP contribution in [0.1, 0.15) is 36.6 Å². The fourth-order valence-corrected chi connectivity index (χ4v) is 2.64. The van der Waals surface area contributed by atoms with Crippen LogP contribution in [0.4, 0.5) is 0 Å². The van der Waals surface area contributed by atoms with Crippen molar-refractivity contribution >= 4 is 11.6 Å². The molecule has 0 amide bonds. The van der Waals surface area contributed by atoms with Crippen LogP contribution < -0.4 is 5.32 Å². The summed E-state index contributed by atoms with van der Waals surface area (Å²) < 4.78 is 0. The lowest BCUT2D eigenvalue weighted by molar-refractivity contribution is 0.477. The van der Waals surface area contributed by atoms with Crippen molar-refractivity contribution in [3.8, 4) is 0 Å². The fraction of sp³-hybridized carbons (Fsp3) is 0.333. The van der Waals surface area contributed by atoms with E-state index in [0.717, 1.165) is 11.4 Å². The van der Waals surface area contributed by atoms with Crippen LogP contribution in [0, 0.1) is 6.92 Å². The Labute approximate surface area is 127 Å². The monoisotopic (exact) mass is 287 g/mol. The van der Waals surface area contributed by atoms with Gasteiger partial charge in [0.2, 0.25) is 0 Å². The third-order valence-corrected chi connectivity index (χ3v) is 3.96. The van der Waals surface area contributed by atoms with Crippen molar-refractivity contribution < 1.29 is 0 Å². The number of rotatable bonds is 5. The zero-order valence-corrected chi connectivity index (χ0v) is 13.1. The smallest absolute Gasteiger partial charge is 0.0438 e. The van der Waals surface area contributed by atoms with Crippen LogP contribution in [0.2, 0.25) is 5.02 Å². The molecular weight excluding hydrogens is 266 g/mol. The SMILES string of the molecule is Cc1ccc(C(C)NC(C)Cc2ccccc2Cl)cc1. The van der Waals surface area contributed by atoms with E-state index in [1.807, 2.05) is 18.2 Å². The van der Waals surface area contributed by atoms with Crippen LogP contribution in [0.25, 0.3) is 0 Å². The highest BCUT2D eigenvalue weighted by Crippen LogP contribution is 2.19. The summed E-state index contributed by atoms with van der Waals surface area (Å²) in [5, 5.41) is 4.48. The van der Waals surface area contributed by atoms with Gasteiger partial charge in [0.1, 0.15) is 0 Å². The maximum absolute atomic E-state index is 6.21. The molecule has 1 nitrogen and oxygen atoms in total. The average molecular weight is 288 g/mol. The van der Waals surface area contributed by atoms with Crippen molar-refractivity contribution in [3.05, 3.63) is 70.2 Å². The Balaban J connectivity index is 1.96. The van der Waals surface area contributed by atoms with E-state index < -0.39 is 0 Å². The predicted molar refractivity (Wildman–Crippen MR) is 87.3 cm³/mol. The molecule has 2 aromatic carbocycles. The maximum atomic E-state index is 6.21. The molecule has 106 valence electrons. The quantitative estimate of drug-likeness (QED) is 0.822. The molecule has 20 heavy (non-hydrogen) atoms. The molecule has 0 fully saturated rings. The molecule has 0 heterocycles. The van der Waals surface area contributed by atoms with Gasteiger partial charge in [-0.1, -0.05) is 59.6 Å². The van der Waals surface area contributed by atoms with Crippen molar-refractivity contribution in [3.63, 3.8) is 0 Å². The van der Waals surface area contributed by atoms with Crippen LogP contribution in [0.5, 0.6) is 0 Å². The van der Waals surface area contributed by atoms with Gasteiger partial charge in [0.05, 0.1) is 0 Å². The Bertz CT molecular complexity index is 548. The van der Waals surface area contributed by atoms with E-state index in [1.165, 1.54) is 16.7 Å². The molecule has 0 aliphatic carbocycles. The Morgan fingerprint density at radius 1 is 1.00 bits per heavy atom. The number of aryl methyl sites for hydroxylation is 1. The molecule has 0 aliphatic heterocycles. The van der Waals surface area contributed by atoms with E-state index in [2.05, 4.69) is 56.4 Å². The van der Waals surface area contributed by atoms with Gasteiger partial charge in [-0.15, -0.1) is 0 Å². The largest absolute Gasteiger partial charge is 0.307 e. The van der Waals surface area contributed by atoms with Crippen molar-refractivity contribution in [1.82, 2.24) is 5.32 Å². The molecule has 0 radical (unpaired) electrons. The highest BCUT2D eigenvalue weighted by Gasteiger charge is 2.11. The summed E-state index contributed by atoms with van der Waals surface area (Å²) in [5.74, 6) is 0. The molecule has 0 aliphatic rings. The van der Waals surface area contributed by atoms with Crippen LogP contribution in [0.15, 0.2) is 48.5 Å². The number of benzene rings is 2. The number of halogens is 1. The Morgan fingerprint density at radius 3 is 2.30 bits per heavy atom. The molecule has 0 bridgehead atoms. The summed E-state index contributed by atoms with van der Waals surface area (Å²) in [5.41, 5.74) is 3.82. The molecule has 0 aromatic heterocycles. The Kier molecular flexibility index (Phi) is 5.22. The van der Waals surface area contributed by atoms with Crippen molar-refractivity contribution in [1.29, 1.82) is 0 Å². The first-order valence-corrected chi connectivity index (χ1v) is 7.50. The van der Waals surface area contributed by atoms with Gasteiger partial charge in [0.25, 0.3) is 0 Å². The van der Waals surface area contributed by atoms with Crippen LogP contribution >= 0.6 is 11.6 Å². The second kappa shape index (κ2) is 6.92.